The monoisotopic (exact) mass is 202 g/mol. The van der Waals surface area contributed by atoms with Gasteiger partial charge in [0.25, 0.3) is 0 Å². The zero-order valence-electron chi connectivity index (χ0n) is 7.17. The molecule has 0 aromatic carbocycles. The SMILES string of the molecule is C=CCC(F)F.CCC(F)=C(F)F. The molecule has 0 amide bonds. The van der Waals surface area contributed by atoms with Crippen LogP contribution in [0.5, 0.6) is 0 Å². The standard InChI is InChI=1S/C4H5F3.C4H6F2/c1-2-3(5)4(6)7;1-2-3-4(5)6/h2H2,1H3;2,4H,1,3H2. The highest BCUT2D eigenvalue weighted by Gasteiger charge is 1.98. The van der Waals surface area contributed by atoms with Gasteiger partial charge in [-0.05, 0) is 0 Å². The molecule has 0 fully saturated rings. The second kappa shape index (κ2) is 9.22. The summed E-state index contributed by atoms with van der Waals surface area (Å²) in [5.74, 6) is -1.32. The van der Waals surface area contributed by atoms with E-state index in [9.17, 15) is 22.0 Å². The molecule has 0 radical (unpaired) electrons. The minimum Gasteiger partial charge on any atom is -0.210 e. The summed E-state index contributed by atoms with van der Waals surface area (Å²) in [7, 11) is 0. The summed E-state index contributed by atoms with van der Waals surface area (Å²) in [5.41, 5.74) is 0. The molecule has 0 aliphatic heterocycles. The van der Waals surface area contributed by atoms with Gasteiger partial charge in [-0.2, -0.15) is 8.78 Å². The summed E-state index contributed by atoms with van der Waals surface area (Å²) in [4.78, 5) is 0. The Labute approximate surface area is 73.7 Å². The van der Waals surface area contributed by atoms with Crippen LogP contribution in [0.4, 0.5) is 22.0 Å². The predicted octanol–water partition coefficient (Wildman–Crippen LogP) is 4.30. The smallest absolute Gasteiger partial charge is 0.210 e. The van der Waals surface area contributed by atoms with Crippen LogP contribution in [0.2, 0.25) is 0 Å². The summed E-state index contributed by atoms with van der Waals surface area (Å²) >= 11 is 0. The molecule has 0 rings (SSSR count). The van der Waals surface area contributed by atoms with Crippen LogP contribution in [-0.4, -0.2) is 6.43 Å². The van der Waals surface area contributed by atoms with Crippen molar-refractivity contribution >= 4 is 0 Å². The third kappa shape index (κ3) is 14.0. The predicted molar refractivity (Wildman–Crippen MR) is 41.5 cm³/mol. The van der Waals surface area contributed by atoms with E-state index in [0.29, 0.717) is 0 Å². The molecule has 0 bridgehead atoms. The van der Waals surface area contributed by atoms with Gasteiger partial charge in [-0.1, -0.05) is 13.0 Å². The molecule has 0 saturated carbocycles. The zero-order valence-corrected chi connectivity index (χ0v) is 7.17. The maximum absolute atomic E-state index is 11.4. The van der Waals surface area contributed by atoms with Gasteiger partial charge in [-0.15, -0.1) is 6.58 Å². The molecule has 0 aromatic rings. The molecule has 0 unspecified atom stereocenters. The van der Waals surface area contributed by atoms with Gasteiger partial charge >= 0.3 is 6.08 Å². The van der Waals surface area contributed by atoms with Gasteiger partial charge in [0.05, 0.1) is 0 Å². The number of halogens is 5. The Kier molecular flexibility index (Phi) is 10.4. The lowest BCUT2D eigenvalue weighted by Crippen LogP contribution is -1.82. The Balaban J connectivity index is 0. The molecule has 0 aliphatic rings. The Morgan fingerprint density at radius 2 is 1.77 bits per heavy atom. The van der Waals surface area contributed by atoms with Crippen LogP contribution < -0.4 is 0 Å². The first-order chi connectivity index (χ1) is 5.95. The van der Waals surface area contributed by atoms with E-state index in [0.717, 1.165) is 0 Å². The van der Waals surface area contributed by atoms with Gasteiger partial charge in [-0.25, -0.2) is 13.2 Å². The van der Waals surface area contributed by atoms with Crippen molar-refractivity contribution in [2.24, 2.45) is 0 Å². The lowest BCUT2D eigenvalue weighted by atomic mass is 10.4. The summed E-state index contributed by atoms with van der Waals surface area (Å²) in [5, 5.41) is 0. The third-order valence-corrected chi connectivity index (χ3v) is 0.860. The first kappa shape index (κ1) is 14.6. The van der Waals surface area contributed by atoms with E-state index < -0.39 is 18.3 Å². The van der Waals surface area contributed by atoms with Gasteiger partial charge < -0.3 is 0 Å². The highest BCUT2D eigenvalue weighted by atomic mass is 19.3. The molecule has 0 nitrogen and oxygen atoms in total. The van der Waals surface area contributed by atoms with Crippen LogP contribution in [0.1, 0.15) is 19.8 Å². The number of alkyl halides is 2. The van der Waals surface area contributed by atoms with Crippen molar-refractivity contribution in [3.8, 4) is 0 Å². The highest BCUT2D eigenvalue weighted by molar-refractivity contribution is 4.89. The van der Waals surface area contributed by atoms with Crippen molar-refractivity contribution in [3.63, 3.8) is 0 Å². The fraction of sp³-hybridized carbons (Fsp3) is 0.500. The van der Waals surface area contributed by atoms with Crippen molar-refractivity contribution in [2.45, 2.75) is 26.2 Å². The molecule has 0 spiro atoms. The number of rotatable bonds is 3. The van der Waals surface area contributed by atoms with E-state index in [4.69, 9.17) is 0 Å². The van der Waals surface area contributed by atoms with Gasteiger partial charge in [0.2, 0.25) is 6.43 Å². The Hall–Kier alpha value is -0.870. The van der Waals surface area contributed by atoms with Gasteiger partial charge in [0.1, 0.15) is 0 Å². The fourth-order valence-corrected chi connectivity index (χ4v) is 0.260. The summed E-state index contributed by atoms with van der Waals surface area (Å²) in [6, 6.07) is 0. The van der Waals surface area contributed by atoms with Crippen molar-refractivity contribution in [2.75, 3.05) is 0 Å². The second-order valence-electron chi connectivity index (χ2n) is 1.93. The van der Waals surface area contributed by atoms with Crippen molar-refractivity contribution in [3.05, 3.63) is 24.6 Å². The average molecular weight is 202 g/mol. The van der Waals surface area contributed by atoms with Crippen LogP contribution in [0, 0.1) is 0 Å². The molecule has 0 atom stereocenters. The molecule has 78 valence electrons. The van der Waals surface area contributed by atoms with Crippen LogP contribution in [0.3, 0.4) is 0 Å². The molecular formula is C8H11F5. The van der Waals surface area contributed by atoms with E-state index in [1.165, 1.54) is 13.0 Å². The molecule has 5 heteroatoms. The van der Waals surface area contributed by atoms with E-state index in [1.807, 2.05) is 0 Å². The Bertz CT molecular complexity index is 158. The maximum Gasteiger partial charge on any atom is 0.301 e. The zero-order chi connectivity index (χ0) is 10.9. The summed E-state index contributed by atoms with van der Waals surface area (Å²) < 4.78 is 55.2. The van der Waals surface area contributed by atoms with Gasteiger partial charge in [0.15, 0.2) is 5.83 Å². The normalized spacial score (nSPS) is 8.85. The number of hydrogen-bond acceptors (Lipinski definition) is 0. The molecule has 13 heavy (non-hydrogen) atoms. The van der Waals surface area contributed by atoms with Crippen LogP contribution in [-0.2, 0) is 0 Å². The lowest BCUT2D eigenvalue weighted by Gasteiger charge is -1.84. The first-order valence-corrected chi connectivity index (χ1v) is 3.54. The lowest BCUT2D eigenvalue weighted by molar-refractivity contribution is 0.152. The first-order valence-electron chi connectivity index (χ1n) is 3.54. The third-order valence-electron chi connectivity index (χ3n) is 0.860. The van der Waals surface area contributed by atoms with Crippen LogP contribution in [0.15, 0.2) is 24.6 Å². The molecular weight excluding hydrogens is 191 g/mol. The Morgan fingerprint density at radius 3 is 1.77 bits per heavy atom. The van der Waals surface area contributed by atoms with Crippen molar-refractivity contribution < 1.29 is 22.0 Å². The largest absolute Gasteiger partial charge is 0.301 e. The van der Waals surface area contributed by atoms with Crippen molar-refractivity contribution in [1.82, 2.24) is 0 Å². The molecule has 0 N–H and O–H groups in total. The molecule has 0 aliphatic carbocycles. The van der Waals surface area contributed by atoms with E-state index in [1.54, 1.807) is 0 Å². The van der Waals surface area contributed by atoms with E-state index in [2.05, 4.69) is 6.58 Å². The van der Waals surface area contributed by atoms with E-state index in [-0.39, 0.29) is 12.8 Å². The summed E-state index contributed by atoms with van der Waals surface area (Å²) in [6.45, 7) is 4.45. The van der Waals surface area contributed by atoms with Crippen LogP contribution in [0.25, 0.3) is 0 Å². The topological polar surface area (TPSA) is 0 Å². The molecule has 0 aromatic heterocycles. The molecule has 0 saturated heterocycles. The second-order valence-corrected chi connectivity index (χ2v) is 1.93. The molecule has 0 heterocycles. The summed E-state index contributed by atoms with van der Waals surface area (Å²) in [6.07, 6.45) is -3.64. The average Bonchev–Trinajstić information content (AvgIpc) is 2.03. The number of allylic oxidation sites excluding steroid dienone is 2. The quantitative estimate of drug-likeness (QED) is 0.472. The van der Waals surface area contributed by atoms with E-state index >= 15 is 0 Å². The van der Waals surface area contributed by atoms with Crippen molar-refractivity contribution in [1.29, 1.82) is 0 Å². The minimum absolute atomic E-state index is 0.194. The number of hydrogen-bond donors (Lipinski definition) is 0. The minimum atomic E-state index is -2.22. The van der Waals surface area contributed by atoms with Gasteiger partial charge in [0, 0.05) is 12.8 Å². The van der Waals surface area contributed by atoms with Gasteiger partial charge in [-0.3, -0.25) is 0 Å². The van der Waals surface area contributed by atoms with Crippen LogP contribution >= 0.6 is 0 Å². The Morgan fingerprint density at radius 1 is 1.31 bits per heavy atom. The fourth-order valence-electron chi connectivity index (χ4n) is 0.260. The highest BCUT2D eigenvalue weighted by Crippen LogP contribution is 2.11. The maximum atomic E-state index is 11.4.